The lowest BCUT2D eigenvalue weighted by Crippen LogP contribution is -2.45. The largest absolute Gasteiger partial charge is 0.448 e. The maximum Gasteiger partial charge on any atom is 0.254 e. The number of carbonyl (C=O) groups excluding carboxylic acids is 1. The summed E-state index contributed by atoms with van der Waals surface area (Å²) in [7, 11) is 0. The van der Waals surface area contributed by atoms with Gasteiger partial charge >= 0.3 is 0 Å². The molecule has 2 aliphatic heterocycles. The normalized spacial score (nSPS) is 22.7. The number of oxime groups is 1. The monoisotopic (exact) mass is 561 g/mol. The van der Waals surface area contributed by atoms with Crippen LogP contribution in [0.25, 0.3) is 0 Å². The van der Waals surface area contributed by atoms with Crippen LogP contribution in [0.4, 0.5) is 0 Å². The zero-order valence-corrected chi connectivity index (χ0v) is 23.5. The van der Waals surface area contributed by atoms with Crippen LogP contribution >= 0.6 is 23.4 Å². The summed E-state index contributed by atoms with van der Waals surface area (Å²) in [5, 5.41) is 7.49. The van der Waals surface area contributed by atoms with Gasteiger partial charge in [0.25, 0.3) is 17.3 Å². The van der Waals surface area contributed by atoms with Gasteiger partial charge in [0.1, 0.15) is 0 Å². The van der Waals surface area contributed by atoms with Gasteiger partial charge in [-0.25, -0.2) is 0 Å². The van der Waals surface area contributed by atoms with E-state index in [0.717, 1.165) is 42.0 Å². The Morgan fingerprint density at radius 1 is 1.24 bits per heavy atom. The summed E-state index contributed by atoms with van der Waals surface area (Å²) in [5.74, 6) is -0.187. The van der Waals surface area contributed by atoms with Crippen LogP contribution in [0.2, 0.25) is 5.02 Å². The van der Waals surface area contributed by atoms with Crippen molar-refractivity contribution in [2.45, 2.75) is 69.8 Å². The summed E-state index contributed by atoms with van der Waals surface area (Å²) in [6.45, 7) is 6.86. The van der Waals surface area contributed by atoms with Gasteiger partial charge in [-0.2, -0.15) is 0 Å². The fourth-order valence-electron chi connectivity index (χ4n) is 5.04. The van der Waals surface area contributed by atoms with Gasteiger partial charge in [0.05, 0.1) is 23.9 Å². The first-order valence-electron chi connectivity index (χ1n) is 12.7. The molecule has 0 spiro atoms. The highest BCUT2D eigenvalue weighted by Crippen LogP contribution is 2.51. The lowest BCUT2D eigenvalue weighted by atomic mass is 9.83. The third-order valence-electron chi connectivity index (χ3n) is 7.41. The number of nitrogens with zero attached hydrogens (tertiary/aromatic N) is 1. The number of H-pyrrole nitrogens is 1. The second-order valence-electron chi connectivity index (χ2n) is 10.1. The zero-order chi connectivity index (χ0) is 27.0. The van der Waals surface area contributed by atoms with Crippen LogP contribution in [-0.2, 0) is 16.1 Å². The number of nitrogens with one attached hydrogen (secondary N) is 2. The molecule has 1 amide bonds. The predicted octanol–water partition coefficient (Wildman–Crippen LogP) is 4.75. The average Bonchev–Trinajstić information content (AvgIpc) is 3.24. The standard InChI is InChI=1S/C27H32ClN3O6S/c1-14-9-22(38-4)20(26(33)30-14)11-29-25(32)19-10-21(28)24-23(15(19)2)35-27(3,36-24)16-5-7-17(8-6-16)31-37-18-12-34-13-18/h9-10,16,18H,5-8,11-13H2,1-4H3,(H,29,32)(H,30,33). The molecule has 3 aliphatic rings. The number of hydrogen-bond donors (Lipinski definition) is 2. The quantitative estimate of drug-likeness (QED) is 0.371. The molecule has 2 N–H and O–H groups in total. The third-order valence-corrected chi connectivity index (χ3v) is 8.50. The van der Waals surface area contributed by atoms with Crippen LogP contribution in [0.1, 0.15) is 59.8 Å². The topological polar surface area (TPSA) is 111 Å². The number of aryl methyl sites for hydroxylation is 1. The Labute approximate surface area is 230 Å². The molecular formula is C27H32ClN3O6S. The van der Waals surface area contributed by atoms with E-state index in [2.05, 4.69) is 15.5 Å². The van der Waals surface area contributed by atoms with Crippen LogP contribution in [0.5, 0.6) is 11.5 Å². The molecule has 1 saturated heterocycles. The number of rotatable bonds is 7. The Kier molecular flexibility index (Phi) is 7.66. The van der Waals surface area contributed by atoms with Crippen LogP contribution < -0.4 is 20.3 Å². The molecule has 2 aromatic rings. The summed E-state index contributed by atoms with van der Waals surface area (Å²) >= 11 is 8.05. The minimum atomic E-state index is -0.900. The highest BCUT2D eigenvalue weighted by molar-refractivity contribution is 7.98. The van der Waals surface area contributed by atoms with Crippen LogP contribution in [-0.4, -0.2) is 48.0 Å². The molecule has 1 saturated carbocycles. The molecule has 38 heavy (non-hydrogen) atoms. The summed E-state index contributed by atoms with van der Waals surface area (Å²) in [6, 6.07) is 3.50. The van der Waals surface area contributed by atoms with Crippen molar-refractivity contribution in [1.29, 1.82) is 0 Å². The first-order chi connectivity index (χ1) is 18.2. The summed E-state index contributed by atoms with van der Waals surface area (Å²) in [6.07, 6.45) is 5.23. The van der Waals surface area contributed by atoms with Gasteiger partial charge in [-0.3, -0.25) is 9.59 Å². The number of hydrogen-bond acceptors (Lipinski definition) is 8. The number of benzene rings is 1. The number of aromatic nitrogens is 1. The Morgan fingerprint density at radius 3 is 2.61 bits per heavy atom. The molecule has 1 atom stereocenters. The average molecular weight is 562 g/mol. The van der Waals surface area contributed by atoms with Gasteiger partial charge in [-0.1, -0.05) is 16.8 Å². The number of fused-ring (bicyclic) bond motifs is 1. The summed E-state index contributed by atoms with van der Waals surface area (Å²) in [5.41, 5.74) is 3.14. The molecule has 1 aliphatic carbocycles. The number of carbonyl (C=O) groups is 1. The van der Waals surface area contributed by atoms with Crippen molar-refractivity contribution in [2.75, 3.05) is 19.5 Å². The second kappa shape index (κ2) is 10.8. The predicted molar refractivity (Wildman–Crippen MR) is 146 cm³/mol. The molecular weight excluding hydrogens is 530 g/mol. The number of amides is 1. The van der Waals surface area contributed by atoms with Gasteiger partial charge in [-0.15, -0.1) is 11.8 Å². The Bertz CT molecular complexity index is 1330. The second-order valence-corrected chi connectivity index (χ2v) is 11.4. The van der Waals surface area contributed by atoms with Gasteiger partial charge in [0.2, 0.25) is 0 Å². The molecule has 1 aromatic heterocycles. The maximum absolute atomic E-state index is 13.2. The molecule has 11 heteroatoms. The van der Waals surface area contributed by atoms with Crippen molar-refractivity contribution in [3.8, 4) is 11.5 Å². The van der Waals surface area contributed by atoms with Crippen molar-refractivity contribution in [2.24, 2.45) is 11.1 Å². The van der Waals surface area contributed by atoms with E-state index in [-0.39, 0.29) is 30.0 Å². The summed E-state index contributed by atoms with van der Waals surface area (Å²) in [4.78, 5) is 34.8. The van der Waals surface area contributed by atoms with E-state index in [4.69, 9.17) is 30.6 Å². The molecule has 0 radical (unpaired) electrons. The lowest BCUT2D eigenvalue weighted by molar-refractivity contribution is -0.130. The lowest BCUT2D eigenvalue weighted by Gasteiger charge is -2.35. The molecule has 1 unspecified atom stereocenters. The number of ether oxygens (including phenoxy) is 3. The van der Waals surface area contributed by atoms with Crippen molar-refractivity contribution >= 4 is 35.0 Å². The highest BCUT2D eigenvalue weighted by atomic mass is 35.5. The van der Waals surface area contributed by atoms with Gasteiger partial charge in [-0.05, 0) is 57.9 Å². The van der Waals surface area contributed by atoms with E-state index < -0.39 is 5.79 Å². The smallest absolute Gasteiger partial charge is 0.254 e. The van der Waals surface area contributed by atoms with Crippen molar-refractivity contribution in [1.82, 2.24) is 10.3 Å². The van der Waals surface area contributed by atoms with E-state index in [1.807, 2.05) is 33.1 Å². The molecule has 3 heterocycles. The van der Waals surface area contributed by atoms with Crippen molar-refractivity contribution in [3.63, 3.8) is 0 Å². The van der Waals surface area contributed by atoms with Gasteiger partial charge < -0.3 is 29.3 Å². The number of halogens is 1. The molecule has 9 nitrogen and oxygen atoms in total. The summed E-state index contributed by atoms with van der Waals surface area (Å²) < 4.78 is 17.8. The van der Waals surface area contributed by atoms with Crippen LogP contribution in [0.15, 0.2) is 27.0 Å². The van der Waals surface area contributed by atoms with Crippen molar-refractivity contribution in [3.05, 3.63) is 49.9 Å². The minimum Gasteiger partial charge on any atom is -0.448 e. The number of thioether (sulfide) groups is 1. The minimum absolute atomic E-state index is 0.0652. The Hall–Kier alpha value is -2.69. The van der Waals surface area contributed by atoms with E-state index in [9.17, 15) is 9.59 Å². The van der Waals surface area contributed by atoms with E-state index in [0.29, 0.717) is 46.4 Å². The van der Waals surface area contributed by atoms with Gasteiger partial charge in [0, 0.05) is 46.7 Å². The van der Waals surface area contributed by atoms with Crippen molar-refractivity contribution < 1.29 is 23.8 Å². The first-order valence-corrected chi connectivity index (χ1v) is 14.3. The van der Waals surface area contributed by atoms with Crippen LogP contribution in [0.3, 0.4) is 0 Å². The third kappa shape index (κ3) is 5.26. The zero-order valence-electron chi connectivity index (χ0n) is 21.9. The molecule has 1 aromatic carbocycles. The molecule has 2 fully saturated rings. The maximum atomic E-state index is 13.2. The Morgan fingerprint density at radius 2 is 1.95 bits per heavy atom. The van der Waals surface area contributed by atoms with E-state index >= 15 is 0 Å². The van der Waals surface area contributed by atoms with Crippen LogP contribution in [0, 0.1) is 19.8 Å². The highest BCUT2D eigenvalue weighted by Gasteiger charge is 2.47. The SMILES string of the molecule is CSc1cc(C)[nH]c(=O)c1CNC(=O)c1cc(Cl)c2c(c1C)OC(C)(C1CCC(=NOC3COC3)CC1)O2. The Balaban J connectivity index is 1.27. The van der Waals surface area contributed by atoms with E-state index in [1.165, 1.54) is 11.8 Å². The molecule has 204 valence electrons. The fourth-order valence-corrected chi connectivity index (χ4v) is 5.98. The number of aromatic amines is 1. The first kappa shape index (κ1) is 26.9. The fraction of sp³-hybridized carbons (Fsp3) is 0.519. The number of pyridine rings is 1. The van der Waals surface area contributed by atoms with E-state index in [1.54, 1.807) is 6.07 Å². The molecule has 5 rings (SSSR count). The molecule has 0 bridgehead atoms. The van der Waals surface area contributed by atoms with Gasteiger partial charge in [0.15, 0.2) is 17.6 Å².